The van der Waals surface area contributed by atoms with Gasteiger partial charge in [0.05, 0.1) is 6.61 Å². The number of hydrogen-bond acceptors (Lipinski definition) is 2. The van der Waals surface area contributed by atoms with Crippen molar-refractivity contribution in [3.63, 3.8) is 0 Å². The fourth-order valence-corrected chi connectivity index (χ4v) is 3.71. The van der Waals surface area contributed by atoms with Gasteiger partial charge in [0.1, 0.15) is 5.60 Å². The molecule has 3 rings (SSSR count). The number of epoxide rings is 1. The standard InChI is InChI=1S/C18H15Cl4NO2/c19-14-6-13(7-15(20)8-14)17(11-25-17)10-18(21,22)16(24)23-9-12-4-2-1-3-5-12/h1-8H,9-11H2,(H,23,24). The summed E-state index contributed by atoms with van der Waals surface area (Å²) >= 11 is 24.7. The molecule has 1 unspecified atom stereocenters. The molecule has 1 N–H and O–H groups in total. The van der Waals surface area contributed by atoms with Crippen LogP contribution < -0.4 is 5.32 Å². The topological polar surface area (TPSA) is 41.6 Å². The second kappa shape index (κ2) is 7.34. The molecule has 0 radical (unpaired) electrons. The highest BCUT2D eigenvalue weighted by molar-refractivity contribution is 6.58. The zero-order valence-electron chi connectivity index (χ0n) is 13.1. The Morgan fingerprint density at radius 3 is 2.28 bits per heavy atom. The van der Waals surface area contributed by atoms with E-state index in [2.05, 4.69) is 5.32 Å². The summed E-state index contributed by atoms with van der Waals surface area (Å²) in [6.45, 7) is 0.745. The minimum absolute atomic E-state index is 0.0976. The molecule has 132 valence electrons. The molecule has 2 aromatic rings. The van der Waals surface area contributed by atoms with Gasteiger partial charge in [0.25, 0.3) is 5.91 Å². The normalized spacial score (nSPS) is 19.5. The maximum atomic E-state index is 12.4. The van der Waals surface area contributed by atoms with Crippen LogP contribution in [0.4, 0.5) is 0 Å². The van der Waals surface area contributed by atoms with E-state index in [1.807, 2.05) is 30.3 Å². The van der Waals surface area contributed by atoms with Crippen LogP contribution in [0.15, 0.2) is 48.5 Å². The number of ether oxygens (including phenoxy) is 1. The van der Waals surface area contributed by atoms with Gasteiger partial charge in [-0.2, -0.15) is 0 Å². The lowest BCUT2D eigenvalue weighted by molar-refractivity contribution is -0.122. The van der Waals surface area contributed by atoms with E-state index in [0.29, 0.717) is 23.2 Å². The lowest BCUT2D eigenvalue weighted by Crippen LogP contribution is -2.40. The maximum absolute atomic E-state index is 12.4. The lowest BCUT2D eigenvalue weighted by Gasteiger charge is -2.23. The van der Waals surface area contributed by atoms with Crippen molar-refractivity contribution in [1.29, 1.82) is 0 Å². The van der Waals surface area contributed by atoms with Crippen LogP contribution in [0.5, 0.6) is 0 Å². The van der Waals surface area contributed by atoms with Crippen molar-refractivity contribution >= 4 is 52.3 Å². The van der Waals surface area contributed by atoms with Crippen LogP contribution in [-0.2, 0) is 21.7 Å². The van der Waals surface area contributed by atoms with Crippen LogP contribution in [0.25, 0.3) is 0 Å². The molecule has 0 aromatic heterocycles. The first-order chi connectivity index (χ1) is 11.8. The molecule has 1 aliphatic heterocycles. The third-order valence-electron chi connectivity index (χ3n) is 4.02. The molecule has 0 saturated carbocycles. The van der Waals surface area contributed by atoms with Crippen LogP contribution >= 0.6 is 46.4 Å². The van der Waals surface area contributed by atoms with Crippen LogP contribution in [0, 0.1) is 0 Å². The van der Waals surface area contributed by atoms with Gasteiger partial charge in [-0.3, -0.25) is 4.79 Å². The Kier molecular flexibility index (Phi) is 5.52. The van der Waals surface area contributed by atoms with E-state index in [-0.39, 0.29) is 6.42 Å². The molecule has 2 aromatic carbocycles. The third kappa shape index (κ3) is 4.60. The maximum Gasteiger partial charge on any atom is 0.256 e. The van der Waals surface area contributed by atoms with Gasteiger partial charge in [-0.05, 0) is 29.3 Å². The molecule has 1 amide bonds. The van der Waals surface area contributed by atoms with Gasteiger partial charge in [-0.1, -0.05) is 76.7 Å². The van der Waals surface area contributed by atoms with Crippen LogP contribution in [0.2, 0.25) is 10.0 Å². The van der Waals surface area contributed by atoms with E-state index in [0.717, 1.165) is 11.1 Å². The molecule has 3 nitrogen and oxygen atoms in total. The predicted molar refractivity (Wildman–Crippen MR) is 101 cm³/mol. The molecular weight excluding hydrogens is 404 g/mol. The van der Waals surface area contributed by atoms with Crippen molar-refractivity contribution < 1.29 is 9.53 Å². The third-order valence-corrected chi connectivity index (χ3v) is 5.06. The number of carbonyl (C=O) groups excluding carboxylic acids is 1. The molecule has 1 fully saturated rings. The SMILES string of the molecule is O=C(NCc1ccccc1)C(Cl)(Cl)CC1(c2cc(Cl)cc(Cl)c2)CO1. The number of hydrogen-bond donors (Lipinski definition) is 1. The van der Waals surface area contributed by atoms with Crippen LogP contribution in [-0.4, -0.2) is 16.8 Å². The summed E-state index contributed by atoms with van der Waals surface area (Å²) in [5, 5.41) is 3.73. The Morgan fingerprint density at radius 2 is 1.72 bits per heavy atom. The molecule has 1 atom stereocenters. The Morgan fingerprint density at radius 1 is 1.12 bits per heavy atom. The lowest BCUT2D eigenvalue weighted by atomic mass is 9.94. The fraction of sp³-hybridized carbons (Fsp3) is 0.278. The van der Waals surface area contributed by atoms with E-state index in [1.54, 1.807) is 18.2 Å². The predicted octanol–water partition coefficient (Wildman–Crippen LogP) is 5.10. The Hall–Kier alpha value is -0.970. The van der Waals surface area contributed by atoms with Gasteiger partial charge in [0.15, 0.2) is 4.33 Å². The zero-order valence-corrected chi connectivity index (χ0v) is 16.1. The largest absolute Gasteiger partial charge is 0.364 e. The fourth-order valence-electron chi connectivity index (χ4n) is 2.62. The first kappa shape index (κ1) is 18.8. The quantitative estimate of drug-likeness (QED) is 0.523. The van der Waals surface area contributed by atoms with Crippen molar-refractivity contribution in [1.82, 2.24) is 5.32 Å². The summed E-state index contributed by atoms with van der Waals surface area (Å²) in [5.41, 5.74) is 0.966. The van der Waals surface area contributed by atoms with Crippen molar-refractivity contribution in [2.24, 2.45) is 0 Å². The average Bonchev–Trinajstić information content (AvgIpc) is 3.32. The monoisotopic (exact) mass is 417 g/mol. The number of amides is 1. The minimum atomic E-state index is -1.64. The first-order valence-electron chi connectivity index (χ1n) is 7.61. The van der Waals surface area contributed by atoms with Gasteiger partial charge in [-0.25, -0.2) is 0 Å². The molecule has 1 heterocycles. The van der Waals surface area contributed by atoms with Crippen molar-refractivity contribution in [3.8, 4) is 0 Å². The highest BCUT2D eigenvalue weighted by atomic mass is 35.5. The minimum Gasteiger partial charge on any atom is -0.364 e. The summed E-state index contributed by atoms with van der Waals surface area (Å²) in [7, 11) is 0. The molecule has 7 heteroatoms. The number of rotatable bonds is 6. The Balaban J connectivity index is 1.68. The zero-order chi connectivity index (χ0) is 18.1. The molecule has 1 saturated heterocycles. The Bertz CT molecular complexity index is 756. The summed E-state index contributed by atoms with van der Waals surface area (Å²) in [6, 6.07) is 14.6. The van der Waals surface area contributed by atoms with E-state index < -0.39 is 15.8 Å². The number of alkyl halides is 2. The van der Waals surface area contributed by atoms with Crippen molar-refractivity contribution in [2.75, 3.05) is 6.61 Å². The van der Waals surface area contributed by atoms with E-state index >= 15 is 0 Å². The molecular formula is C18H15Cl4NO2. The second-order valence-electron chi connectivity index (χ2n) is 5.99. The highest BCUT2D eigenvalue weighted by Crippen LogP contribution is 2.49. The average molecular weight is 419 g/mol. The van der Waals surface area contributed by atoms with Gasteiger partial charge in [0.2, 0.25) is 0 Å². The number of benzene rings is 2. The molecule has 25 heavy (non-hydrogen) atoms. The van der Waals surface area contributed by atoms with E-state index in [4.69, 9.17) is 51.1 Å². The van der Waals surface area contributed by atoms with Gasteiger partial charge in [0, 0.05) is 23.0 Å². The second-order valence-corrected chi connectivity index (χ2v) is 8.35. The smallest absolute Gasteiger partial charge is 0.256 e. The van der Waals surface area contributed by atoms with Gasteiger partial charge >= 0.3 is 0 Å². The number of halogens is 4. The van der Waals surface area contributed by atoms with Crippen LogP contribution in [0.1, 0.15) is 17.5 Å². The summed E-state index contributed by atoms with van der Waals surface area (Å²) in [4.78, 5) is 12.4. The van der Waals surface area contributed by atoms with Crippen LogP contribution in [0.3, 0.4) is 0 Å². The molecule has 0 spiro atoms. The summed E-state index contributed by atoms with van der Waals surface area (Å²) in [6.07, 6.45) is 0.0976. The summed E-state index contributed by atoms with van der Waals surface area (Å²) in [5.74, 6) is -0.470. The van der Waals surface area contributed by atoms with Gasteiger partial charge < -0.3 is 10.1 Å². The van der Waals surface area contributed by atoms with Crippen molar-refractivity contribution in [2.45, 2.75) is 22.9 Å². The van der Waals surface area contributed by atoms with E-state index in [9.17, 15) is 4.79 Å². The highest BCUT2D eigenvalue weighted by Gasteiger charge is 2.54. The Labute approximate surface area is 166 Å². The van der Waals surface area contributed by atoms with Crippen molar-refractivity contribution in [3.05, 3.63) is 69.7 Å². The van der Waals surface area contributed by atoms with Gasteiger partial charge in [-0.15, -0.1) is 0 Å². The number of nitrogens with one attached hydrogen (secondary N) is 1. The van der Waals surface area contributed by atoms with E-state index in [1.165, 1.54) is 0 Å². The summed E-state index contributed by atoms with van der Waals surface area (Å²) < 4.78 is 3.94. The molecule has 1 aliphatic rings. The number of carbonyl (C=O) groups is 1. The molecule has 0 bridgehead atoms. The first-order valence-corrected chi connectivity index (χ1v) is 9.13. The molecule has 0 aliphatic carbocycles.